The Morgan fingerprint density at radius 3 is 2.48 bits per heavy atom. The molecular weight excluding hydrogens is 310 g/mol. The lowest BCUT2D eigenvalue weighted by molar-refractivity contribution is 0.311. The first-order valence-corrected chi connectivity index (χ1v) is 9.20. The van der Waals surface area contributed by atoms with E-state index in [2.05, 4.69) is 77.7 Å². The van der Waals surface area contributed by atoms with Gasteiger partial charge in [0.05, 0.1) is 12.6 Å². The van der Waals surface area contributed by atoms with Crippen molar-refractivity contribution in [2.75, 3.05) is 20.2 Å². The van der Waals surface area contributed by atoms with Crippen LogP contribution in [0.15, 0.2) is 54.6 Å². The molecule has 4 nitrogen and oxygen atoms in total. The molecule has 3 rings (SSSR count). The van der Waals surface area contributed by atoms with Gasteiger partial charge in [-0.15, -0.1) is 0 Å². The van der Waals surface area contributed by atoms with E-state index in [1.54, 1.807) is 0 Å². The highest BCUT2D eigenvalue weighted by Gasteiger charge is 2.32. The van der Waals surface area contributed by atoms with E-state index in [1.807, 2.05) is 7.05 Å². The highest BCUT2D eigenvalue weighted by molar-refractivity contribution is 5.30. The summed E-state index contributed by atoms with van der Waals surface area (Å²) >= 11 is 0. The van der Waals surface area contributed by atoms with Crippen LogP contribution >= 0.6 is 0 Å². The molecule has 0 radical (unpaired) electrons. The molecule has 3 atom stereocenters. The molecule has 0 aromatic heterocycles. The number of hydrazine groups is 1. The molecule has 3 N–H and O–H groups in total. The van der Waals surface area contributed by atoms with Crippen LogP contribution in [0.2, 0.25) is 0 Å². The maximum Gasteiger partial charge on any atom is 0.119 e. The van der Waals surface area contributed by atoms with Gasteiger partial charge in [0.25, 0.3) is 0 Å². The number of likely N-dealkylation sites (N-methyl/N-ethyl adjacent to an activating group) is 1. The third-order valence-corrected chi connectivity index (χ3v) is 4.97. The maximum atomic E-state index is 5.89. The summed E-state index contributed by atoms with van der Waals surface area (Å²) in [5.41, 5.74) is 9.47. The van der Waals surface area contributed by atoms with Crippen LogP contribution in [0.5, 0.6) is 5.75 Å². The normalized spacial score (nSPS) is 22.9. The van der Waals surface area contributed by atoms with Crippen LogP contribution in [-0.2, 0) is 6.42 Å². The molecule has 0 amide bonds. The van der Waals surface area contributed by atoms with Gasteiger partial charge in [-0.3, -0.25) is 5.43 Å². The fourth-order valence-corrected chi connectivity index (χ4v) is 3.42. The van der Waals surface area contributed by atoms with Crippen molar-refractivity contribution in [1.82, 2.24) is 16.2 Å². The Morgan fingerprint density at radius 1 is 1.00 bits per heavy atom. The van der Waals surface area contributed by atoms with Gasteiger partial charge in [0, 0.05) is 12.6 Å². The standard InChI is InChI=1S/C21H29N3O/c1-16-20(15-22-2)23-24-21(16)18-10-12-19(13-11-18)25-14-6-9-17-7-4-3-5-8-17/h3-5,7-8,10-13,16,20-24H,6,9,14-15H2,1-2H3. The second-order valence-electron chi connectivity index (χ2n) is 6.80. The summed E-state index contributed by atoms with van der Waals surface area (Å²) in [6, 6.07) is 19.8. The number of nitrogens with one attached hydrogen (secondary N) is 3. The number of hydrogen-bond acceptors (Lipinski definition) is 4. The zero-order valence-corrected chi connectivity index (χ0v) is 15.2. The minimum absolute atomic E-state index is 0.338. The van der Waals surface area contributed by atoms with Crippen molar-refractivity contribution in [3.05, 3.63) is 65.7 Å². The zero-order chi connectivity index (χ0) is 17.5. The molecule has 2 aromatic rings. The Bertz CT molecular complexity index is 629. The van der Waals surface area contributed by atoms with Gasteiger partial charge in [0.2, 0.25) is 0 Å². The Labute approximate surface area is 151 Å². The van der Waals surface area contributed by atoms with Gasteiger partial charge in [-0.1, -0.05) is 49.4 Å². The molecule has 0 bridgehead atoms. The number of aryl methyl sites for hydroxylation is 1. The van der Waals surface area contributed by atoms with Gasteiger partial charge in [0.15, 0.2) is 0 Å². The first kappa shape index (κ1) is 17.9. The van der Waals surface area contributed by atoms with Crippen LogP contribution in [-0.4, -0.2) is 26.2 Å². The molecule has 1 aliphatic heterocycles. The molecule has 0 aliphatic carbocycles. The van der Waals surface area contributed by atoms with E-state index in [-0.39, 0.29) is 0 Å². The summed E-state index contributed by atoms with van der Waals surface area (Å²) < 4.78 is 5.89. The van der Waals surface area contributed by atoms with Crippen LogP contribution in [0.3, 0.4) is 0 Å². The minimum atomic E-state index is 0.338. The van der Waals surface area contributed by atoms with Crippen molar-refractivity contribution in [2.45, 2.75) is 31.8 Å². The first-order chi connectivity index (χ1) is 12.3. The quantitative estimate of drug-likeness (QED) is 0.647. The van der Waals surface area contributed by atoms with Crippen molar-refractivity contribution >= 4 is 0 Å². The topological polar surface area (TPSA) is 45.3 Å². The summed E-state index contributed by atoms with van der Waals surface area (Å²) in [5, 5.41) is 3.24. The highest BCUT2D eigenvalue weighted by atomic mass is 16.5. The fourth-order valence-electron chi connectivity index (χ4n) is 3.42. The number of benzene rings is 2. The molecule has 2 aromatic carbocycles. The lowest BCUT2D eigenvalue weighted by Gasteiger charge is -2.19. The molecule has 0 saturated carbocycles. The summed E-state index contributed by atoms with van der Waals surface area (Å²) in [6.45, 7) is 4.00. The Balaban J connectivity index is 1.46. The van der Waals surface area contributed by atoms with E-state index in [9.17, 15) is 0 Å². The predicted molar refractivity (Wildman–Crippen MR) is 103 cm³/mol. The third-order valence-electron chi connectivity index (χ3n) is 4.97. The van der Waals surface area contributed by atoms with Crippen molar-refractivity contribution in [3.8, 4) is 5.75 Å². The SMILES string of the molecule is CNCC1NNC(c2ccc(OCCCc3ccccc3)cc2)C1C. The van der Waals surface area contributed by atoms with E-state index < -0.39 is 0 Å². The average molecular weight is 339 g/mol. The summed E-state index contributed by atoms with van der Waals surface area (Å²) in [5.74, 6) is 1.48. The van der Waals surface area contributed by atoms with E-state index >= 15 is 0 Å². The Morgan fingerprint density at radius 2 is 1.76 bits per heavy atom. The minimum Gasteiger partial charge on any atom is -0.494 e. The van der Waals surface area contributed by atoms with E-state index in [4.69, 9.17) is 4.74 Å². The van der Waals surface area contributed by atoms with Crippen LogP contribution in [0.4, 0.5) is 0 Å². The smallest absolute Gasteiger partial charge is 0.119 e. The molecule has 1 aliphatic rings. The second kappa shape index (κ2) is 8.99. The van der Waals surface area contributed by atoms with Crippen LogP contribution < -0.4 is 20.9 Å². The van der Waals surface area contributed by atoms with E-state index in [0.29, 0.717) is 18.0 Å². The van der Waals surface area contributed by atoms with Gasteiger partial charge in [-0.2, -0.15) is 0 Å². The first-order valence-electron chi connectivity index (χ1n) is 9.20. The van der Waals surface area contributed by atoms with E-state index in [1.165, 1.54) is 11.1 Å². The Kier molecular flexibility index (Phi) is 6.45. The van der Waals surface area contributed by atoms with Gasteiger partial charge >= 0.3 is 0 Å². The lowest BCUT2D eigenvalue weighted by atomic mass is 9.91. The molecule has 134 valence electrons. The number of rotatable bonds is 8. The monoisotopic (exact) mass is 339 g/mol. The average Bonchev–Trinajstić information content (AvgIpc) is 3.01. The maximum absolute atomic E-state index is 5.89. The molecule has 1 fully saturated rings. The van der Waals surface area contributed by atoms with Gasteiger partial charge in [0.1, 0.15) is 5.75 Å². The molecule has 4 heteroatoms. The van der Waals surface area contributed by atoms with E-state index in [0.717, 1.165) is 31.7 Å². The Hall–Kier alpha value is -1.88. The highest BCUT2D eigenvalue weighted by Crippen LogP contribution is 2.29. The second-order valence-corrected chi connectivity index (χ2v) is 6.80. The van der Waals surface area contributed by atoms with Crippen molar-refractivity contribution < 1.29 is 4.74 Å². The lowest BCUT2D eigenvalue weighted by Crippen LogP contribution is -2.38. The summed E-state index contributed by atoms with van der Waals surface area (Å²) in [7, 11) is 1.99. The molecule has 25 heavy (non-hydrogen) atoms. The third kappa shape index (κ3) is 4.82. The van der Waals surface area contributed by atoms with Crippen molar-refractivity contribution in [3.63, 3.8) is 0 Å². The number of ether oxygens (including phenoxy) is 1. The summed E-state index contributed by atoms with van der Waals surface area (Å²) in [4.78, 5) is 0. The molecule has 1 heterocycles. The van der Waals surface area contributed by atoms with Gasteiger partial charge in [-0.25, -0.2) is 5.43 Å². The largest absolute Gasteiger partial charge is 0.494 e. The van der Waals surface area contributed by atoms with Gasteiger partial charge < -0.3 is 10.1 Å². The molecular formula is C21H29N3O. The zero-order valence-electron chi connectivity index (χ0n) is 15.2. The van der Waals surface area contributed by atoms with Crippen LogP contribution in [0.1, 0.15) is 30.5 Å². The van der Waals surface area contributed by atoms with Crippen LogP contribution in [0.25, 0.3) is 0 Å². The van der Waals surface area contributed by atoms with Crippen molar-refractivity contribution in [2.24, 2.45) is 5.92 Å². The molecule has 0 spiro atoms. The summed E-state index contributed by atoms with van der Waals surface area (Å²) in [6.07, 6.45) is 2.09. The van der Waals surface area contributed by atoms with Crippen LogP contribution in [0, 0.1) is 5.92 Å². The fraction of sp³-hybridized carbons (Fsp3) is 0.429. The van der Waals surface area contributed by atoms with Gasteiger partial charge in [-0.05, 0) is 49.1 Å². The molecule has 1 saturated heterocycles. The number of hydrogen-bond donors (Lipinski definition) is 3. The molecule has 3 unspecified atom stereocenters. The predicted octanol–water partition coefficient (Wildman–Crippen LogP) is 3.07. The van der Waals surface area contributed by atoms with Crippen molar-refractivity contribution in [1.29, 1.82) is 0 Å².